The number of aromatic nitrogens is 5. The zero-order chi connectivity index (χ0) is 16.7. The van der Waals surface area contributed by atoms with E-state index in [2.05, 4.69) is 20.1 Å². The number of anilines is 1. The van der Waals surface area contributed by atoms with Crippen molar-refractivity contribution in [3.05, 3.63) is 59.9 Å². The SMILES string of the molecule is Nc1cnc(-c2cc(Cl)c3ncccc3c2)c(-n2ccc(F)n2)n1. The van der Waals surface area contributed by atoms with Crippen LogP contribution < -0.4 is 5.73 Å². The predicted octanol–water partition coefficient (Wildman–Crippen LogP) is 3.25. The third-order valence-corrected chi connectivity index (χ3v) is 3.77. The number of hydrogen-bond acceptors (Lipinski definition) is 5. The maximum Gasteiger partial charge on any atom is 0.233 e. The summed E-state index contributed by atoms with van der Waals surface area (Å²) >= 11 is 6.33. The van der Waals surface area contributed by atoms with Crippen LogP contribution in [0.15, 0.2) is 48.9 Å². The van der Waals surface area contributed by atoms with E-state index < -0.39 is 5.95 Å². The van der Waals surface area contributed by atoms with Crippen molar-refractivity contribution in [1.82, 2.24) is 24.7 Å². The van der Waals surface area contributed by atoms with Gasteiger partial charge in [0.2, 0.25) is 5.95 Å². The average molecular weight is 341 g/mol. The molecule has 3 aromatic heterocycles. The van der Waals surface area contributed by atoms with Crippen molar-refractivity contribution in [3.8, 4) is 17.1 Å². The molecule has 0 atom stereocenters. The van der Waals surface area contributed by atoms with Crippen LogP contribution in [0.5, 0.6) is 0 Å². The first-order valence-electron chi connectivity index (χ1n) is 7.00. The molecule has 1 aromatic carbocycles. The third-order valence-electron chi connectivity index (χ3n) is 3.48. The average Bonchev–Trinajstić information content (AvgIpc) is 3.01. The number of fused-ring (bicyclic) bond motifs is 1. The standard InChI is InChI=1S/C16H10ClFN6/c17-11-7-10(6-9-2-1-4-20-14(9)11)15-16(22-13(19)8-21-15)24-5-3-12(18)23-24/h1-8H,(H2,19,22). The highest BCUT2D eigenvalue weighted by Crippen LogP contribution is 2.31. The van der Waals surface area contributed by atoms with E-state index in [1.807, 2.05) is 18.2 Å². The second kappa shape index (κ2) is 5.54. The molecule has 8 heteroatoms. The number of pyridine rings is 1. The Morgan fingerprint density at radius 2 is 2.04 bits per heavy atom. The van der Waals surface area contributed by atoms with Crippen molar-refractivity contribution in [2.24, 2.45) is 0 Å². The molecule has 0 aliphatic rings. The monoisotopic (exact) mass is 340 g/mol. The van der Waals surface area contributed by atoms with Gasteiger partial charge in [-0.3, -0.25) is 4.98 Å². The van der Waals surface area contributed by atoms with Gasteiger partial charge < -0.3 is 5.73 Å². The minimum atomic E-state index is -0.620. The molecule has 0 bridgehead atoms. The van der Waals surface area contributed by atoms with Gasteiger partial charge >= 0.3 is 0 Å². The third kappa shape index (κ3) is 2.44. The van der Waals surface area contributed by atoms with Crippen molar-refractivity contribution < 1.29 is 4.39 Å². The Morgan fingerprint density at radius 3 is 2.83 bits per heavy atom. The van der Waals surface area contributed by atoms with E-state index in [0.717, 1.165) is 5.39 Å². The van der Waals surface area contributed by atoms with Gasteiger partial charge in [0.15, 0.2) is 5.82 Å². The van der Waals surface area contributed by atoms with Crippen molar-refractivity contribution in [1.29, 1.82) is 0 Å². The lowest BCUT2D eigenvalue weighted by atomic mass is 10.1. The summed E-state index contributed by atoms with van der Waals surface area (Å²) in [5.41, 5.74) is 7.61. The molecule has 4 aromatic rings. The van der Waals surface area contributed by atoms with Crippen LogP contribution >= 0.6 is 11.6 Å². The van der Waals surface area contributed by atoms with E-state index in [-0.39, 0.29) is 5.82 Å². The minimum Gasteiger partial charge on any atom is -0.382 e. The molecule has 4 rings (SSSR count). The maximum absolute atomic E-state index is 13.3. The highest BCUT2D eigenvalue weighted by molar-refractivity contribution is 6.35. The van der Waals surface area contributed by atoms with Gasteiger partial charge in [0.05, 0.1) is 16.7 Å². The van der Waals surface area contributed by atoms with Gasteiger partial charge in [0.1, 0.15) is 11.5 Å². The fraction of sp³-hybridized carbons (Fsp3) is 0. The van der Waals surface area contributed by atoms with Gasteiger partial charge in [-0.15, -0.1) is 5.10 Å². The lowest BCUT2D eigenvalue weighted by Gasteiger charge is -2.10. The van der Waals surface area contributed by atoms with Crippen molar-refractivity contribution in [2.45, 2.75) is 0 Å². The Kier molecular flexibility index (Phi) is 3.35. The van der Waals surface area contributed by atoms with Crippen LogP contribution in [0.25, 0.3) is 28.0 Å². The lowest BCUT2D eigenvalue weighted by molar-refractivity contribution is 0.564. The summed E-state index contributed by atoms with van der Waals surface area (Å²) in [7, 11) is 0. The molecule has 2 N–H and O–H groups in total. The number of nitrogen functional groups attached to an aromatic ring is 1. The molecule has 0 fully saturated rings. The molecule has 0 aliphatic heterocycles. The minimum absolute atomic E-state index is 0.207. The van der Waals surface area contributed by atoms with Crippen molar-refractivity contribution >= 4 is 28.3 Å². The topological polar surface area (TPSA) is 82.5 Å². The van der Waals surface area contributed by atoms with Gasteiger partial charge in [-0.25, -0.2) is 14.6 Å². The zero-order valence-electron chi connectivity index (χ0n) is 12.2. The largest absolute Gasteiger partial charge is 0.382 e. The second-order valence-electron chi connectivity index (χ2n) is 5.08. The molecule has 0 unspecified atom stereocenters. The number of halogens is 2. The molecule has 3 heterocycles. The van der Waals surface area contributed by atoms with Gasteiger partial charge in [-0.05, 0) is 18.2 Å². The first-order valence-corrected chi connectivity index (χ1v) is 7.38. The maximum atomic E-state index is 13.3. The molecule has 24 heavy (non-hydrogen) atoms. The van der Waals surface area contributed by atoms with Crippen LogP contribution in [0.2, 0.25) is 5.02 Å². The summed E-state index contributed by atoms with van der Waals surface area (Å²) in [6.45, 7) is 0. The first kappa shape index (κ1) is 14.5. The zero-order valence-corrected chi connectivity index (χ0v) is 12.9. The van der Waals surface area contributed by atoms with Crippen LogP contribution in [0, 0.1) is 5.95 Å². The molecule has 0 radical (unpaired) electrons. The lowest BCUT2D eigenvalue weighted by Crippen LogP contribution is -2.06. The van der Waals surface area contributed by atoms with E-state index in [4.69, 9.17) is 17.3 Å². The van der Waals surface area contributed by atoms with Crippen molar-refractivity contribution in [2.75, 3.05) is 5.73 Å². The van der Waals surface area contributed by atoms with Gasteiger partial charge in [0.25, 0.3) is 0 Å². The fourth-order valence-corrected chi connectivity index (χ4v) is 2.74. The number of rotatable bonds is 2. The summed E-state index contributed by atoms with van der Waals surface area (Å²) in [4.78, 5) is 12.8. The molecule has 118 valence electrons. The first-order chi connectivity index (χ1) is 11.6. The molecule has 6 nitrogen and oxygen atoms in total. The van der Waals surface area contributed by atoms with E-state index >= 15 is 0 Å². The smallest absolute Gasteiger partial charge is 0.233 e. The van der Waals surface area contributed by atoms with Crippen LogP contribution in [0.3, 0.4) is 0 Å². The summed E-state index contributed by atoms with van der Waals surface area (Å²) in [6, 6.07) is 8.57. The summed E-state index contributed by atoms with van der Waals surface area (Å²) in [6.07, 6.45) is 4.56. The number of nitrogens with two attached hydrogens (primary N) is 1. The van der Waals surface area contributed by atoms with E-state index in [1.165, 1.54) is 23.1 Å². The normalized spacial score (nSPS) is 11.1. The highest BCUT2D eigenvalue weighted by atomic mass is 35.5. The fourth-order valence-electron chi connectivity index (χ4n) is 2.46. The van der Waals surface area contributed by atoms with Gasteiger partial charge in [-0.1, -0.05) is 17.7 Å². The Morgan fingerprint density at radius 1 is 1.17 bits per heavy atom. The Balaban J connectivity index is 1.97. The van der Waals surface area contributed by atoms with Gasteiger partial charge in [-0.2, -0.15) is 4.39 Å². The predicted molar refractivity (Wildman–Crippen MR) is 89.3 cm³/mol. The number of hydrogen-bond donors (Lipinski definition) is 1. The molecule has 0 amide bonds. The Hall–Kier alpha value is -3.06. The molecular weight excluding hydrogens is 331 g/mol. The van der Waals surface area contributed by atoms with E-state index in [9.17, 15) is 4.39 Å². The number of nitrogens with zero attached hydrogens (tertiary/aromatic N) is 5. The van der Waals surface area contributed by atoms with Crippen LogP contribution in [0.1, 0.15) is 0 Å². The molecule has 0 saturated carbocycles. The quantitative estimate of drug-likeness (QED) is 0.605. The van der Waals surface area contributed by atoms with Gasteiger partial charge in [0, 0.05) is 29.4 Å². The summed E-state index contributed by atoms with van der Waals surface area (Å²) in [5.74, 6) is -0.0951. The van der Waals surface area contributed by atoms with Crippen molar-refractivity contribution in [3.63, 3.8) is 0 Å². The second-order valence-corrected chi connectivity index (χ2v) is 5.49. The van der Waals surface area contributed by atoms with Crippen LogP contribution in [-0.2, 0) is 0 Å². The van der Waals surface area contributed by atoms with Crippen LogP contribution in [0.4, 0.5) is 10.2 Å². The molecule has 0 saturated heterocycles. The molecular formula is C16H10ClFN6. The highest BCUT2D eigenvalue weighted by Gasteiger charge is 2.15. The molecule has 0 spiro atoms. The number of benzene rings is 1. The van der Waals surface area contributed by atoms with E-state index in [0.29, 0.717) is 27.6 Å². The summed E-state index contributed by atoms with van der Waals surface area (Å²) < 4.78 is 14.6. The summed E-state index contributed by atoms with van der Waals surface area (Å²) in [5, 5.41) is 5.08. The Labute approximate surface area is 140 Å². The van der Waals surface area contributed by atoms with E-state index in [1.54, 1.807) is 12.3 Å². The Bertz CT molecular complexity index is 1060. The van der Waals surface area contributed by atoms with Crippen LogP contribution in [-0.4, -0.2) is 24.7 Å². The molecule has 0 aliphatic carbocycles.